The lowest BCUT2D eigenvalue weighted by Gasteiger charge is -2.23. The van der Waals surface area contributed by atoms with Gasteiger partial charge in [-0.1, -0.05) is 36.0 Å². The molecule has 0 aliphatic carbocycles. The number of nitrogens with zero attached hydrogens (tertiary/aromatic N) is 3. The summed E-state index contributed by atoms with van der Waals surface area (Å²) in [6.45, 7) is 4.49. The smallest absolute Gasteiger partial charge is 0.240 e. The molecule has 0 bridgehead atoms. The quantitative estimate of drug-likeness (QED) is 0.675. The number of rotatable bonds is 6. The van der Waals surface area contributed by atoms with Crippen LogP contribution in [-0.2, 0) is 4.79 Å². The van der Waals surface area contributed by atoms with E-state index in [4.69, 9.17) is 0 Å². The molecule has 24 heavy (non-hydrogen) atoms. The molecule has 3 aromatic rings. The summed E-state index contributed by atoms with van der Waals surface area (Å²) in [4.78, 5) is 20.0. The number of anilines is 1. The Morgan fingerprint density at radius 2 is 2.08 bits per heavy atom. The van der Waals surface area contributed by atoms with Crippen LogP contribution < -0.4 is 4.90 Å². The highest BCUT2D eigenvalue weighted by Crippen LogP contribution is 2.27. The highest BCUT2D eigenvalue weighted by molar-refractivity contribution is 8.00. The Morgan fingerprint density at radius 3 is 2.75 bits per heavy atom. The number of thiophene rings is 1. The van der Waals surface area contributed by atoms with E-state index < -0.39 is 0 Å². The summed E-state index contributed by atoms with van der Waals surface area (Å²) >= 11 is 2.97. The van der Waals surface area contributed by atoms with Crippen LogP contribution in [0.4, 0.5) is 5.69 Å². The van der Waals surface area contributed by atoms with Crippen molar-refractivity contribution in [3.8, 4) is 10.7 Å². The highest BCUT2D eigenvalue weighted by Gasteiger charge is 2.23. The molecule has 0 aliphatic rings. The average molecular weight is 358 g/mol. The van der Waals surface area contributed by atoms with Gasteiger partial charge in [-0.2, -0.15) is 0 Å². The van der Waals surface area contributed by atoms with Gasteiger partial charge in [0.1, 0.15) is 0 Å². The number of hydrogen-bond acceptors (Lipinski definition) is 5. The predicted octanol–water partition coefficient (Wildman–Crippen LogP) is 4.07. The van der Waals surface area contributed by atoms with Gasteiger partial charge in [-0.05, 0) is 37.4 Å². The first-order chi connectivity index (χ1) is 11.7. The highest BCUT2D eigenvalue weighted by atomic mass is 32.2. The van der Waals surface area contributed by atoms with E-state index in [0.717, 1.165) is 16.4 Å². The number of para-hydroxylation sites is 1. The van der Waals surface area contributed by atoms with Crippen LogP contribution in [0.15, 0.2) is 53.0 Å². The Morgan fingerprint density at radius 1 is 1.29 bits per heavy atom. The number of thioether (sulfide) groups is 1. The maximum atomic E-state index is 12.8. The minimum atomic E-state index is -0.267. The van der Waals surface area contributed by atoms with E-state index >= 15 is 0 Å². The van der Waals surface area contributed by atoms with Crippen LogP contribution in [0.25, 0.3) is 10.7 Å². The lowest BCUT2D eigenvalue weighted by Crippen LogP contribution is -2.36. The molecule has 1 atom stereocenters. The zero-order valence-corrected chi connectivity index (χ0v) is 15.1. The van der Waals surface area contributed by atoms with Crippen molar-refractivity contribution in [1.82, 2.24) is 15.2 Å². The van der Waals surface area contributed by atoms with Gasteiger partial charge in [0.25, 0.3) is 0 Å². The van der Waals surface area contributed by atoms with Crippen molar-refractivity contribution in [2.75, 3.05) is 11.4 Å². The lowest BCUT2D eigenvalue weighted by molar-refractivity contribution is -0.117. The first kappa shape index (κ1) is 16.7. The molecule has 5 nitrogen and oxygen atoms in total. The van der Waals surface area contributed by atoms with Gasteiger partial charge in [0, 0.05) is 12.2 Å². The Labute approximate surface area is 149 Å². The Kier molecular flexibility index (Phi) is 5.32. The molecule has 7 heteroatoms. The number of H-pyrrole nitrogens is 1. The largest absolute Gasteiger partial charge is 0.312 e. The predicted molar refractivity (Wildman–Crippen MR) is 99.5 cm³/mol. The summed E-state index contributed by atoms with van der Waals surface area (Å²) in [5.41, 5.74) is 0.909. The third-order valence-electron chi connectivity index (χ3n) is 3.50. The number of carbonyl (C=O) groups is 1. The van der Waals surface area contributed by atoms with Crippen LogP contribution >= 0.6 is 23.1 Å². The van der Waals surface area contributed by atoms with Gasteiger partial charge in [0.15, 0.2) is 5.82 Å². The van der Waals surface area contributed by atoms with Crippen molar-refractivity contribution in [3.05, 3.63) is 47.8 Å². The molecule has 0 aliphatic heterocycles. The normalized spacial score (nSPS) is 12.1. The van der Waals surface area contributed by atoms with Crippen LogP contribution in [0.1, 0.15) is 13.8 Å². The molecule has 2 heterocycles. The topological polar surface area (TPSA) is 61.9 Å². The van der Waals surface area contributed by atoms with Crippen LogP contribution in [0, 0.1) is 0 Å². The van der Waals surface area contributed by atoms with Crippen molar-refractivity contribution in [1.29, 1.82) is 0 Å². The molecular weight excluding hydrogens is 340 g/mol. The molecule has 1 amide bonds. The number of aromatic amines is 1. The number of hydrogen-bond donors (Lipinski definition) is 1. The van der Waals surface area contributed by atoms with Crippen molar-refractivity contribution < 1.29 is 4.79 Å². The van der Waals surface area contributed by atoms with E-state index in [1.165, 1.54) is 11.8 Å². The average Bonchev–Trinajstić information content (AvgIpc) is 3.27. The summed E-state index contributed by atoms with van der Waals surface area (Å²) in [6.07, 6.45) is 0. The second-order valence-electron chi connectivity index (χ2n) is 5.12. The molecule has 3 rings (SSSR count). The number of aromatic nitrogens is 3. The molecule has 1 aromatic carbocycles. The molecule has 0 radical (unpaired) electrons. The maximum Gasteiger partial charge on any atom is 0.240 e. The van der Waals surface area contributed by atoms with Gasteiger partial charge in [0.05, 0.1) is 10.1 Å². The fourth-order valence-electron chi connectivity index (χ4n) is 2.32. The van der Waals surface area contributed by atoms with Crippen LogP contribution in [0.5, 0.6) is 0 Å². The summed E-state index contributed by atoms with van der Waals surface area (Å²) in [7, 11) is 0. The fourth-order valence-corrected chi connectivity index (χ4v) is 3.77. The molecule has 124 valence electrons. The van der Waals surface area contributed by atoms with Crippen molar-refractivity contribution >= 4 is 34.7 Å². The standard InChI is InChI=1S/C17H18N4OS2/c1-3-21(13-8-5-4-6-9-13)16(22)12(2)24-17-18-15(19-20-17)14-10-7-11-23-14/h4-12H,3H2,1-2H3,(H,18,19,20). The summed E-state index contributed by atoms with van der Waals surface area (Å²) < 4.78 is 0. The minimum absolute atomic E-state index is 0.0520. The van der Waals surface area contributed by atoms with Gasteiger partial charge in [-0.15, -0.1) is 16.4 Å². The van der Waals surface area contributed by atoms with Crippen molar-refractivity contribution in [2.45, 2.75) is 24.3 Å². The molecule has 0 fully saturated rings. The molecule has 1 unspecified atom stereocenters. The summed E-state index contributed by atoms with van der Waals surface area (Å²) in [5, 5.41) is 9.46. The van der Waals surface area contributed by atoms with Crippen molar-refractivity contribution in [3.63, 3.8) is 0 Å². The monoisotopic (exact) mass is 358 g/mol. The van der Waals surface area contributed by atoms with E-state index in [1.54, 1.807) is 16.2 Å². The zero-order chi connectivity index (χ0) is 16.9. The Bertz CT molecular complexity index is 786. The number of nitrogens with one attached hydrogen (secondary N) is 1. The second-order valence-corrected chi connectivity index (χ2v) is 7.38. The van der Waals surface area contributed by atoms with Crippen LogP contribution in [0.2, 0.25) is 0 Å². The number of carbonyl (C=O) groups excluding carboxylic acids is 1. The minimum Gasteiger partial charge on any atom is -0.312 e. The van der Waals surface area contributed by atoms with E-state index in [0.29, 0.717) is 11.7 Å². The molecule has 2 aromatic heterocycles. The molecular formula is C17H18N4OS2. The van der Waals surface area contributed by atoms with Crippen LogP contribution in [0.3, 0.4) is 0 Å². The first-order valence-electron chi connectivity index (χ1n) is 7.68. The first-order valence-corrected chi connectivity index (χ1v) is 9.44. The lowest BCUT2D eigenvalue weighted by atomic mass is 10.2. The molecule has 1 N–H and O–H groups in total. The van der Waals surface area contributed by atoms with Gasteiger partial charge in [-0.25, -0.2) is 4.98 Å². The van der Waals surface area contributed by atoms with E-state index in [2.05, 4.69) is 15.2 Å². The Hall–Kier alpha value is -2.12. The Balaban J connectivity index is 1.70. The summed E-state index contributed by atoms with van der Waals surface area (Å²) in [5.74, 6) is 0.790. The molecule has 0 spiro atoms. The molecule has 0 saturated carbocycles. The van der Waals surface area contributed by atoms with E-state index in [1.807, 2.05) is 61.7 Å². The van der Waals surface area contributed by atoms with Gasteiger partial charge < -0.3 is 4.90 Å². The summed E-state index contributed by atoms with van der Waals surface area (Å²) in [6, 6.07) is 13.7. The second kappa shape index (κ2) is 7.63. The van der Waals surface area contributed by atoms with E-state index in [9.17, 15) is 4.79 Å². The van der Waals surface area contributed by atoms with Gasteiger partial charge >= 0.3 is 0 Å². The molecule has 0 saturated heterocycles. The van der Waals surface area contributed by atoms with Crippen molar-refractivity contribution in [2.24, 2.45) is 0 Å². The van der Waals surface area contributed by atoms with Gasteiger partial charge in [-0.3, -0.25) is 9.89 Å². The fraction of sp³-hybridized carbons (Fsp3) is 0.235. The van der Waals surface area contributed by atoms with E-state index in [-0.39, 0.29) is 11.2 Å². The number of amides is 1. The van der Waals surface area contributed by atoms with Gasteiger partial charge in [0.2, 0.25) is 11.1 Å². The maximum absolute atomic E-state index is 12.8. The number of benzene rings is 1. The third-order valence-corrected chi connectivity index (χ3v) is 5.32. The third kappa shape index (κ3) is 3.68. The zero-order valence-electron chi connectivity index (χ0n) is 13.5. The van der Waals surface area contributed by atoms with Crippen LogP contribution in [-0.4, -0.2) is 32.9 Å². The SMILES string of the molecule is CCN(C(=O)C(C)Sc1n[nH]c(-c2cccs2)n1)c1ccccc1.